The topological polar surface area (TPSA) is 67.7 Å². The van der Waals surface area contributed by atoms with Crippen LogP contribution in [-0.4, -0.2) is 71.8 Å². The first kappa shape index (κ1) is 21.6. The molecule has 2 aliphatic rings. The van der Waals surface area contributed by atoms with Crippen LogP contribution in [0.15, 0.2) is 24.3 Å². The summed E-state index contributed by atoms with van der Waals surface area (Å²) in [7, 11) is 0. The molecule has 1 aromatic rings. The summed E-state index contributed by atoms with van der Waals surface area (Å²) < 4.78 is 0. The predicted molar refractivity (Wildman–Crippen MR) is 112 cm³/mol. The van der Waals surface area contributed by atoms with Gasteiger partial charge in [-0.3, -0.25) is 14.5 Å². The standard InChI is InChI=1S/C22H29ClN4O2/c1-16(2)20(14-24)25-10-12-26(13-11-25)22(29)18-4-3-9-27(15-18)21(28)17-5-7-19(23)8-6-17/h5-8,16,18,20H,3-4,9-13,15H2,1-2H3. The minimum Gasteiger partial charge on any atom is -0.340 e. The van der Waals surface area contributed by atoms with Crippen LogP contribution in [0.3, 0.4) is 0 Å². The minimum atomic E-state index is -0.150. The van der Waals surface area contributed by atoms with Crippen LogP contribution in [0.4, 0.5) is 0 Å². The molecule has 0 saturated carbocycles. The molecule has 0 spiro atoms. The molecule has 2 amide bonds. The van der Waals surface area contributed by atoms with Crippen molar-refractivity contribution in [1.82, 2.24) is 14.7 Å². The molecule has 156 valence electrons. The molecule has 0 aromatic heterocycles. The first-order valence-electron chi connectivity index (χ1n) is 10.4. The van der Waals surface area contributed by atoms with E-state index in [0.29, 0.717) is 36.8 Å². The van der Waals surface area contributed by atoms with Gasteiger partial charge < -0.3 is 9.80 Å². The van der Waals surface area contributed by atoms with Crippen LogP contribution in [0.2, 0.25) is 5.02 Å². The number of amides is 2. The molecule has 2 saturated heterocycles. The fourth-order valence-electron chi connectivity index (χ4n) is 4.27. The number of carbonyl (C=O) groups is 2. The maximum absolute atomic E-state index is 13.1. The number of hydrogen-bond donors (Lipinski definition) is 0. The lowest BCUT2D eigenvalue weighted by Gasteiger charge is -2.40. The molecular formula is C22H29ClN4O2. The molecule has 7 heteroatoms. The number of piperazine rings is 1. The number of halogens is 1. The first-order chi connectivity index (χ1) is 13.9. The Kier molecular flexibility index (Phi) is 7.15. The average molecular weight is 417 g/mol. The van der Waals surface area contributed by atoms with Crippen LogP contribution >= 0.6 is 11.6 Å². The Morgan fingerprint density at radius 1 is 1.07 bits per heavy atom. The van der Waals surface area contributed by atoms with Gasteiger partial charge in [0.15, 0.2) is 0 Å². The largest absolute Gasteiger partial charge is 0.340 e. The number of likely N-dealkylation sites (tertiary alicyclic amines) is 1. The molecule has 2 fully saturated rings. The van der Waals surface area contributed by atoms with Gasteiger partial charge in [-0.05, 0) is 43.0 Å². The zero-order chi connectivity index (χ0) is 21.0. The van der Waals surface area contributed by atoms with Crippen molar-refractivity contribution in [3.05, 3.63) is 34.9 Å². The van der Waals surface area contributed by atoms with Gasteiger partial charge in [-0.15, -0.1) is 0 Å². The normalized spacial score (nSPS) is 21.7. The Hall–Kier alpha value is -2.10. The van der Waals surface area contributed by atoms with Crippen LogP contribution in [0.1, 0.15) is 37.0 Å². The Morgan fingerprint density at radius 3 is 2.31 bits per heavy atom. The highest BCUT2D eigenvalue weighted by molar-refractivity contribution is 6.30. The zero-order valence-corrected chi connectivity index (χ0v) is 17.9. The Balaban J connectivity index is 1.57. The van der Waals surface area contributed by atoms with Crippen molar-refractivity contribution in [2.45, 2.75) is 32.7 Å². The van der Waals surface area contributed by atoms with Crippen molar-refractivity contribution in [3.63, 3.8) is 0 Å². The summed E-state index contributed by atoms with van der Waals surface area (Å²) in [5.41, 5.74) is 0.604. The van der Waals surface area contributed by atoms with Crippen LogP contribution in [0.5, 0.6) is 0 Å². The number of nitrogens with zero attached hydrogens (tertiary/aromatic N) is 4. The minimum absolute atomic E-state index is 0.0437. The van der Waals surface area contributed by atoms with Gasteiger partial charge in [0, 0.05) is 49.9 Å². The van der Waals surface area contributed by atoms with Crippen molar-refractivity contribution in [3.8, 4) is 6.07 Å². The quantitative estimate of drug-likeness (QED) is 0.756. The summed E-state index contributed by atoms with van der Waals surface area (Å²) in [5.74, 6) is 0.213. The molecule has 2 atom stereocenters. The van der Waals surface area contributed by atoms with E-state index in [1.807, 2.05) is 4.90 Å². The second-order valence-electron chi connectivity index (χ2n) is 8.28. The molecule has 2 unspecified atom stereocenters. The van der Waals surface area contributed by atoms with Gasteiger partial charge in [-0.1, -0.05) is 25.4 Å². The molecule has 1 aromatic carbocycles. The van der Waals surface area contributed by atoms with Crippen LogP contribution in [0.25, 0.3) is 0 Å². The monoisotopic (exact) mass is 416 g/mol. The summed E-state index contributed by atoms with van der Waals surface area (Å²) in [6.45, 7) is 7.99. The second kappa shape index (κ2) is 9.60. The van der Waals surface area contributed by atoms with Gasteiger partial charge in [0.05, 0.1) is 12.0 Å². The SMILES string of the molecule is CC(C)C(C#N)N1CCN(C(=O)C2CCCN(C(=O)c3ccc(Cl)cc3)C2)CC1. The van der Waals surface area contributed by atoms with Gasteiger partial charge in [-0.2, -0.15) is 5.26 Å². The summed E-state index contributed by atoms with van der Waals surface area (Å²) in [5, 5.41) is 10.0. The summed E-state index contributed by atoms with van der Waals surface area (Å²) in [6, 6.07) is 9.18. The number of piperidine rings is 1. The average Bonchev–Trinajstić information content (AvgIpc) is 2.74. The Labute approximate surface area is 178 Å². The van der Waals surface area contributed by atoms with Gasteiger partial charge in [0.1, 0.15) is 6.04 Å². The molecule has 0 radical (unpaired) electrons. The fraction of sp³-hybridized carbons (Fsp3) is 0.591. The van der Waals surface area contributed by atoms with Gasteiger partial charge in [-0.25, -0.2) is 0 Å². The summed E-state index contributed by atoms with van der Waals surface area (Å²) in [4.78, 5) is 31.7. The summed E-state index contributed by atoms with van der Waals surface area (Å²) >= 11 is 5.91. The molecule has 6 nitrogen and oxygen atoms in total. The molecule has 0 N–H and O–H groups in total. The van der Waals surface area contributed by atoms with Crippen LogP contribution < -0.4 is 0 Å². The maximum Gasteiger partial charge on any atom is 0.253 e. The second-order valence-corrected chi connectivity index (χ2v) is 8.71. The maximum atomic E-state index is 13.1. The Bertz CT molecular complexity index is 766. The number of carbonyl (C=O) groups excluding carboxylic acids is 2. The van der Waals surface area contributed by atoms with Crippen molar-refractivity contribution < 1.29 is 9.59 Å². The zero-order valence-electron chi connectivity index (χ0n) is 17.2. The van der Waals surface area contributed by atoms with Crippen molar-refractivity contribution >= 4 is 23.4 Å². The molecule has 0 bridgehead atoms. The summed E-state index contributed by atoms with van der Waals surface area (Å²) in [6.07, 6.45) is 1.65. The van der Waals surface area contributed by atoms with Gasteiger partial charge >= 0.3 is 0 Å². The van der Waals surface area contributed by atoms with E-state index in [0.717, 1.165) is 25.9 Å². The third-order valence-corrected chi connectivity index (χ3v) is 6.18. The number of benzene rings is 1. The van der Waals surface area contributed by atoms with E-state index in [9.17, 15) is 14.9 Å². The molecule has 2 heterocycles. The number of hydrogen-bond acceptors (Lipinski definition) is 4. The Morgan fingerprint density at radius 2 is 1.72 bits per heavy atom. The molecule has 0 aliphatic carbocycles. The molecule has 3 rings (SSSR count). The highest BCUT2D eigenvalue weighted by Gasteiger charge is 2.34. The van der Waals surface area contributed by atoms with Crippen molar-refractivity contribution in [2.75, 3.05) is 39.3 Å². The highest BCUT2D eigenvalue weighted by Crippen LogP contribution is 2.23. The highest BCUT2D eigenvalue weighted by atomic mass is 35.5. The number of rotatable bonds is 4. The van der Waals surface area contributed by atoms with Crippen molar-refractivity contribution in [1.29, 1.82) is 5.26 Å². The first-order valence-corrected chi connectivity index (χ1v) is 10.8. The lowest BCUT2D eigenvalue weighted by atomic mass is 9.95. The van der Waals surface area contributed by atoms with E-state index < -0.39 is 0 Å². The van der Waals surface area contributed by atoms with Crippen molar-refractivity contribution in [2.24, 2.45) is 11.8 Å². The smallest absolute Gasteiger partial charge is 0.253 e. The van der Waals surface area contributed by atoms with E-state index in [1.165, 1.54) is 0 Å². The van der Waals surface area contributed by atoms with Crippen LogP contribution in [0, 0.1) is 23.2 Å². The van der Waals surface area contributed by atoms with E-state index in [4.69, 9.17) is 11.6 Å². The lowest BCUT2D eigenvalue weighted by Crippen LogP contribution is -2.55. The third kappa shape index (κ3) is 5.09. The molecule has 2 aliphatic heterocycles. The third-order valence-electron chi connectivity index (χ3n) is 5.93. The van der Waals surface area contributed by atoms with Gasteiger partial charge in [0.25, 0.3) is 5.91 Å². The van der Waals surface area contributed by atoms with Gasteiger partial charge in [0.2, 0.25) is 5.91 Å². The van der Waals surface area contributed by atoms with E-state index in [-0.39, 0.29) is 29.7 Å². The molecular weight excluding hydrogens is 388 g/mol. The molecule has 29 heavy (non-hydrogen) atoms. The van der Waals surface area contributed by atoms with E-state index in [2.05, 4.69) is 24.8 Å². The van der Waals surface area contributed by atoms with E-state index in [1.54, 1.807) is 29.2 Å². The lowest BCUT2D eigenvalue weighted by molar-refractivity contribution is -0.139. The van der Waals surface area contributed by atoms with E-state index >= 15 is 0 Å². The van der Waals surface area contributed by atoms with Crippen LogP contribution in [-0.2, 0) is 4.79 Å². The number of nitriles is 1. The fourth-order valence-corrected chi connectivity index (χ4v) is 4.40. The predicted octanol–water partition coefficient (Wildman–Crippen LogP) is 2.88.